The van der Waals surface area contributed by atoms with E-state index in [0.29, 0.717) is 0 Å². The lowest BCUT2D eigenvalue weighted by Crippen LogP contribution is -2.31. The molecule has 1 heterocycles. The number of rotatable bonds is 6. The van der Waals surface area contributed by atoms with Crippen LogP contribution >= 0.6 is 0 Å². The van der Waals surface area contributed by atoms with Crippen molar-refractivity contribution in [1.82, 2.24) is 15.1 Å². The van der Waals surface area contributed by atoms with E-state index in [1.54, 1.807) is 0 Å². The zero-order chi connectivity index (χ0) is 13.7. The van der Waals surface area contributed by atoms with Gasteiger partial charge in [0.25, 0.3) is 0 Å². The summed E-state index contributed by atoms with van der Waals surface area (Å²) in [4.78, 5) is 4.92. The van der Waals surface area contributed by atoms with Crippen LogP contribution in [0.3, 0.4) is 0 Å². The van der Waals surface area contributed by atoms with Gasteiger partial charge >= 0.3 is 0 Å². The van der Waals surface area contributed by atoms with Gasteiger partial charge in [-0.1, -0.05) is 31.2 Å². The molecule has 1 atom stereocenters. The second kappa shape index (κ2) is 7.04. The van der Waals surface area contributed by atoms with Crippen molar-refractivity contribution < 1.29 is 0 Å². The highest BCUT2D eigenvalue weighted by atomic mass is 15.2. The number of nitrogens with one attached hydrogen (secondary N) is 1. The van der Waals surface area contributed by atoms with Crippen molar-refractivity contribution in [1.29, 1.82) is 0 Å². The molecule has 1 aliphatic rings. The number of nitrogens with zero attached hydrogens (tertiary/aromatic N) is 2. The van der Waals surface area contributed by atoms with E-state index >= 15 is 0 Å². The molecule has 1 fully saturated rings. The summed E-state index contributed by atoms with van der Waals surface area (Å²) < 4.78 is 0. The van der Waals surface area contributed by atoms with Crippen LogP contribution in [-0.4, -0.2) is 49.6 Å². The average Bonchev–Trinajstić information content (AvgIpc) is 2.85. The molecule has 3 heteroatoms. The quantitative estimate of drug-likeness (QED) is 0.844. The number of likely N-dealkylation sites (N-methyl/N-ethyl adjacent to an activating group) is 1. The van der Waals surface area contributed by atoms with E-state index in [-0.39, 0.29) is 0 Å². The summed E-state index contributed by atoms with van der Waals surface area (Å²) in [5, 5.41) is 3.39. The van der Waals surface area contributed by atoms with E-state index in [1.165, 1.54) is 30.6 Å². The van der Waals surface area contributed by atoms with E-state index in [1.807, 2.05) is 0 Å². The Kier molecular flexibility index (Phi) is 5.37. The Morgan fingerprint density at radius 2 is 2.11 bits per heavy atom. The Morgan fingerprint density at radius 3 is 2.79 bits per heavy atom. The minimum Gasteiger partial charge on any atom is -0.313 e. The number of benzene rings is 1. The van der Waals surface area contributed by atoms with Gasteiger partial charge in [-0.25, -0.2) is 0 Å². The molecule has 0 bridgehead atoms. The van der Waals surface area contributed by atoms with Gasteiger partial charge in [0.1, 0.15) is 0 Å². The molecule has 0 spiro atoms. The first-order valence-corrected chi connectivity index (χ1v) is 7.36. The van der Waals surface area contributed by atoms with Crippen LogP contribution in [0.25, 0.3) is 0 Å². The first kappa shape index (κ1) is 14.5. The van der Waals surface area contributed by atoms with Gasteiger partial charge in [-0.15, -0.1) is 0 Å². The molecule has 0 aromatic heterocycles. The molecule has 0 aliphatic carbocycles. The molecule has 106 valence electrons. The van der Waals surface area contributed by atoms with Gasteiger partial charge in [0.05, 0.1) is 0 Å². The normalized spacial score (nSPS) is 20.3. The molecular weight excluding hydrogens is 234 g/mol. The fraction of sp³-hybridized carbons (Fsp3) is 0.625. The van der Waals surface area contributed by atoms with E-state index in [4.69, 9.17) is 0 Å². The molecule has 0 radical (unpaired) electrons. The summed E-state index contributed by atoms with van der Waals surface area (Å²) >= 11 is 0. The third-order valence-corrected chi connectivity index (χ3v) is 3.95. The van der Waals surface area contributed by atoms with Gasteiger partial charge in [0.15, 0.2) is 0 Å². The molecule has 0 saturated carbocycles. The lowest BCUT2D eigenvalue weighted by molar-refractivity contribution is 0.264. The second-order valence-electron chi connectivity index (χ2n) is 5.74. The zero-order valence-electron chi connectivity index (χ0n) is 12.5. The Hall–Kier alpha value is -0.900. The number of hydrogen-bond donors (Lipinski definition) is 1. The van der Waals surface area contributed by atoms with E-state index in [2.05, 4.69) is 60.4 Å². The molecule has 19 heavy (non-hydrogen) atoms. The molecule has 1 aromatic rings. The maximum Gasteiger partial charge on any atom is 0.0234 e. The highest BCUT2D eigenvalue weighted by molar-refractivity contribution is 5.23. The summed E-state index contributed by atoms with van der Waals surface area (Å²) in [5.41, 5.74) is 2.83. The molecule has 0 amide bonds. The second-order valence-corrected chi connectivity index (χ2v) is 5.74. The Bertz CT molecular complexity index is 389. The van der Waals surface area contributed by atoms with Gasteiger partial charge in [-0.2, -0.15) is 0 Å². The molecule has 1 aromatic carbocycles. The van der Waals surface area contributed by atoms with Crippen molar-refractivity contribution in [2.45, 2.75) is 32.5 Å². The number of hydrogen-bond acceptors (Lipinski definition) is 3. The zero-order valence-corrected chi connectivity index (χ0v) is 12.5. The average molecular weight is 261 g/mol. The maximum absolute atomic E-state index is 3.39. The van der Waals surface area contributed by atoms with Crippen LogP contribution in [0.1, 0.15) is 24.5 Å². The van der Waals surface area contributed by atoms with Crippen molar-refractivity contribution in [2.75, 3.05) is 33.7 Å². The van der Waals surface area contributed by atoms with Crippen LogP contribution in [0.5, 0.6) is 0 Å². The molecule has 3 nitrogen and oxygen atoms in total. The third kappa shape index (κ3) is 4.30. The van der Waals surface area contributed by atoms with Gasteiger partial charge in [0.2, 0.25) is 0 Å². The van der Waals surface area contributed by atoms with E-state index in [0.717, 1.165) is 25.7 Å². The van der Waals surface area contributed by atoms with Crippen LogP contribution in [-0.2, 0) is 13.1 Å². The standard InChI is InChI=1S/C16H27N3/c1-4-17-11-14-6-5-7-15(10-14)12-19-9-8-16(13-19)18(2)3/h5-7,10,16-17H,4,8-9,11-13H2,1-3H3. The SMILES string of the molecule is CCNCc1cccc(CN2CCC(N(C)C)C2)c1. The fourth-order valence-electron chi connectivity index (χ4n) is 2.74. The van der Waals surface area contributed by atoms with E-state index < -0.39 is 0 Å². The minimum atomic E-state index is 0.727. The van der Waals surface area contributed by atoms with Crippen molar-refractivity contribution in [3.8, 4) is 0 Å². The van der Waals surface area contributed by atoms with Gasteiger partial charge in [0, 0.05) is 32.2 Å². The smallest absolute Gasteiger partial charge is 0.0234 e. The first-order chi connectivity index (χ1) is 9.19. The van der Waals surface area contributed by atoms with Gasteiger partial charge < -0.3 is 10.2 Å². The Morgan fingerprint density at radius 1 is 1.32 bits per heavy atom. The Balaban J connectivity index is 1.89. The number of likely N-dealkylation sites (tertiary alicyclic amines) is 1. The summed E-state index contributed by atoms with van der Waals surface area (Å²) in [6.07, 6.45) is 1.30. The van der Waals surface area contributed by atoms with Crippen molar-refractivity contribution in [3.05, 3.63) is 35.4 Å². The third-order valence-electron chi connectivity index (χ3n) is 3.95. The summed E-state index contributed by atoms with van der Waals surface area (Å²) in [6, 6.07) is 9.70. The molecule has 1 aliphatic heterocycles. The monoisotopic (exact) mass is 261 g/mol. The predicted octanol–water partition coefficient (Wildman–Crippen LogP) is 1.93. The lowest BCUT2D eigenvalue weighted by Gasteiger charge is -2.20. The summed E-state index contributed by atoms with van der Waals surface area (Å²) in [5.74, 6) is 0. The van der Waals surface area contributed by atoms with Crippen LogP contribution < -0.4 is 5.32 Å². The van der Waals surface area contributed by atoms with E-state index in [9.17, 15) is 0 Å². The Labute approximate surface area is 117 Å². The summed E-state index contributed by atoms with van der Waals surface area (Å²) in [6.45, 7) is 7.66. The van der Waals surface area contributed by atoms with Crippen LogP contribution in [0.15, 0.2) is 24.3 Å². The maximum atomic E-state index is 3.39. The molecule has 1 N–H and O–H groups in total. The first-order valence-electron chi connectivity index (χ1n) is 7.36. The van der Waals surface area contributed by atoms with Crippen LogP contribution in [0.2, 0.25) is 0 Å². The predicted molar refractivity (Wildman–Crippen MR) is 81.2 cm³/mol. The fourth-order valence-corrected chi connectivity index (χ4v) is 2.74. The van der Waals surface area contributed by atoms with Gasteiger partial charge in [-0.3, -0.25) is 4.90 Å². The highest BCUT2D eigenvalue weighted by Gasteiger charge is 2.23. The van der Waals surface area contributed by atoms with Crippen molar-refractivity contribution in [3.63, 3.8) is 0 Å². The topological polar surface area (TPSA) is 18.5 Å². The summed E-state index contributed by atoms with van der Waals surface area (Å²) in [7, 11) is 4.37. The van der Waals surface area contributed by atoms with Crippen LogP contribution in [0.4, 0.5) is 0 Å². The molecular formula is C16H27N3. The molecule has 1 unspecified atom stereocenters. The van der Waals surface area contributed by atoms with Gasteiger partial charge in [-0.05, 0) is 38.2 Å². The van der Waals surface area contributed by atoms with Crippen LogP contribution in [0, 0.1) is 0 Å². The molecule has 1 saturated heterocycles. The lowest BCUT2D eigenvalue weighted by atomic mass is 10.1. The van der Waals surface area contributed by atoms with Crippen molar-refractivity contribution >= 4 is 0 Å². The molecule has 2 rings (SSSR count). The largest absolute Gasteiger partial charge is 0.313 e. The van der Waals surface area contributed by atoms with Crippen molar-refractivity contribution in [2.24, 2.45) is 0 Å². The minimum absolute atomic E-state index is 0.727. The highest BCUT2D eigenvalue weighted by Crippen LogP contribution is 2.17.